The number of methoxy groups -OCH3 is 1. The Kier molecular flexibility index (Phi) is 5.99. The molecule has 28 heavy (non-hydrogen) atoms. The van der Waals surface area contributed by atoms with Crippen LogP contribution < -0.4 is 19.7 Å². The molecule has 0 amide bonds. The molecule has 6 heteroatoms. The number of hydrogen-bond donors (Lipinski definition) is 1. The fraction of sp³-hybridized carbons (Fsp3) is 0.591. The van der Waals surface area contributed by atoms with E-state index in [1.54, 1.807) is 7.11 Å². The maximum atomic E-state index is 6.18. The minimum absolute atomic E-state index is 0.0381. The molecule has 2 fully saturated rings. The molecule has 3 aliphatic rings. The van der Waals surface area contributed by atoms with Gasteiger partial charge in [0.15, 0.2) is 5.75 Å². The van der Waals surface area contributed by atoms with Gasteiger partial charge in [0.2, 0.25) is 5.82 Å². The zero-order chi connectivity index (χ0) is 19.4. The van der Waals surface area contributed by atoms with E-state index in [0.717, 1.165) is 29.9 Å². The van der Waals surface area contributed by atoms with E-state index in [9.17, 15) is 0 Å². The van der Waals surface area contributed by atoms with Crippen molar-refractivity contribution in [1.82, 2.24) is 9.47 Å². The molecule has 0 spiro atoms. The van der Waals surface area contributed by atoms with Crippen LogP contribution >= 0.6 is 0 Å². The van der Waals surface area contributed by atoms with Crippen LogP contribution in [0.15, 0.2) is 36.1 Å². The Labute approximate surface area is 167 Å². The van der Waals surface area contributed by atoms with Crippen LogP contribution in [0.5, 0.6) is 11.6 Å². The topological polar surface area (TPSA) is 66.6 Å². The van der Waals surface area contributed by atoms with Gasteiger partial charge in [-0.05, 0) is 25.0 Å². The quantitative estimate of drug-likeness (QED) is 0.760. The third kappa shape index (κ3) is 3.81. The fourth-order valence-electron chi connectivity index (χ4n) is 4.69. The zero-order valence-electron chi connectivity index (χ0n) is 16.8. The summed E-state index contributed by atoms with van der Waals surface area (Å²) in [4.78, 5) is 5.00. The summed E-state index contributed by atoms with van der Waals surface area (Å²) >= 11 is 0. The van der Waals surface area contributed by atoms with E-state index in [-0.39, 0.29) is 6.10 Å². The summed E-state index contributed by atoms with van der Waals surface area (Å²) in [7, 11) is 1.66. The second-order valence-electron chi connectivity index (χ2n) is 8.00. The molecule has 3 heterocycles. The average Bonchev–Trinajstić information content (AvgIpc) is 3.27. The van der Waals surface area contributed by atoms with E-state index in [1.165, 1.54) is 37.7 Å². The van der Waals surface area contributed by atoms with Crippen molar-refractivity contribution in [2.24, 2.45) is 5.73 Å². The van der Waals surface area contributed by atoms with Crippen molar-refractivity contribution in [3.05, 3.63) is 36.1 Å². The molecule has 1 aromatic heterocycles. The number of aromatic nitrogens is 1. The molecule has 1 saturated carbocycles. The zero-order valence-corrected chi connectivity index (χ0v) is 16.8. The lowest BCUT2D eigenvalue weighted by Crippen LogP contribution is -2.55. The van der Waals surface area contributed by atoms with E-state index in [1.807, 2.05) is 6.07 Å². The minimum Gasteiger partial charge on any atom is -0.491 e. The van der Waals surface area contributed by atoms with Crippen molar-refractivity contribution in [3.8, 4) is 11.6 Å². The molecule has 0 aromatic carbocycles. The Bertz CT molecular complexity index is 737. The Morgan fingerprint density at radius 3 is 2.79 bits per heavy atom. The van der Waals surface area contributed by atoms with Gasteiger partial charge in [-0.1, -0.05) is 12.5 Å². The van der Waals surface area contributed by atoms with Crippen LogP contribution in [-0.2, 0) is 4.74 Å². The van der Waals surface area contributed by atoms with E-state index >= 15 is 0 Å². The first-order valence-corrected chi connectivity index (χ1v) is 10.5. The van der Waals surface area contributed by atoms with E-state index < -0.39 is 0 Å². The average molecular weight is 387 g/mol. The molecule has 0 radical (unpaired) electrons. The molecule has 1 saturated heterocycles. The SMILES string of the molecule is COc1ccc([N+]2(C3CCCCC3)C=C(CN)C=CC2)nc1OC1CCOC1. The second-order valence-corrected chi connectivity index (χ2v) is 8.00. The van der Waals surface area contributed by atoms with Crippen molar-refractivity contribution < 1.29 is 14.2 Å². The predicted molar refractivity (Wildman–Crippen MR) is 110 cm³/mol. The summed E-state index contributed by atoms with van der Waals surface area (Å²) in [5.41, 5.74) is 7.18. The number of nitrogens with two attached hydrogens (primary N) is 1. The molecular weight excluding hydrogens is 354 g/mol. The van der Waals surface area contributed by atoms with Crippen LogP contribution in [0, 0.1) is 0 Å². The molecule has 6 nitrogen and oxygen atoms in total. The Morgan fingerprint density at radius 2 is 2.07 bits per heavy atom. The standard InChI is InChI=1S/C22H32N3O3/c1-26-20-9-10-21(24-22(20)28-19-11-13-27-16-19)25(18-7-3-2-4-8-18)12-5-6-17(14-23)15-25/h5-6,9-10,15,18-19H,2-4,7-8,11-14,16,23H2,1H3/q+1. The molecule has 1 aromatic rings. The summed E-state index contributed by atoms with van der Waals surface area (Å²) in [5, 5.41) is 0. The van der Waals surface area contributed by atoms with Gasteiger partial charge in [0.25, 0.3) is 5.88 Å². The number of pyridine rings is 1. The molecule has 2 N–H and O–H groups in total. The Balaban J connectivity index is 1.73. The number of nitrogens with zero attached hydrogens (tertiary/aromatic N) is 2. The van der Waals surface area contributed by atoms with Gasteiger partial charge in [-0.25, -0.2) is 4.48 Å². The van der Waals surface area contributed by atoms with Gasteiger partial charge in [0.1, 0.15) is 18.8 Å². The highest BCUT2D eigenvalue weighted by atomic mass is 16.6. The maximum absolute atomic E-state index is 6.18. The van der Waals surface area contributed by atoms with Crippen LogP contribution in [0.25, 0.3) is 0 Å². The van der Waals surface area contributed by atoms with Crippen molar-refractivity contribution in [1.29, 1.82) is 0 Å². The van der Waals surface area contributed by atoms with Gasteiger partial charge in [-0.15, -0.1) is 0 Å². The smallest absolute Gasteiger partial charge is 0.262 e. The lowest BCUT2D eigenvalue weighted by Gasteiger charge is -2.43. The monoisotopic (exact) mass is 386 g/mol. The first kappa shape index (κ1) is 19.4. The molecular formula is C22H32N3O3+. The largest absolute Gasteiger partial charge is 0.491 e. The van der Waals surface area contributed by atoms with E-state index in [0.29, 0.717) is 30.8 Å². The maximum Gasteiger partial charge on any atom is 0.262 e. The third-order valence-corrected chi connectivity index (χ3v) is 6.22. The van der Waals surface area contributed by atoms with Gasteiger partial charge in [-0.2, -0.15) is 4.98 Å². The molecule has 2 aliphatic heterocycles. The van der Waals surface area contributed by atoms with Gasteiger partial charge in [0.05, 0.1) is 26.4 Å². The van der Waals surface area contributed by atoms with Crippen molar-refractivity contribution >= 4 is 5.82 Å². The normalized spacial score (nSPS) is 28.2. The predicted octanol–water partition coefficient (Wildman–Crippen LogP) is 3.31. The summed E-state index contributed by atoms with van der Waals surface area (Å²) in [6.45, 7) is 2.79. The van der Waals surface area contributed by atoms with Crippen LogP contribution in [0.3, 0.4) is 0 Å². The highest BCUT2D eigenvalue weighted by molar-refractivity contribution is 5.50. The van der Waals surface area contributed by atoms with Gasteiger partial charge < -0.3 is 19.9 Å². The summed E-state index contributed by atoms with van der Waals surface area (Å²) < 4.78 is 17.9. The van der Waals surface area contributed by atoms with Crippen LogP contribution in [-0.4, -0.2) is 50.5 Å². The number of hydrogen-bond acceptors (Lipinski definition) is 5. The second kappa shape index (κ2) is 8.64. The molecule has 1 aliphatic carbocycles. The molecule has 152 valence electrons. The number of rotatable bonds is 6. The van der Waals surface area contributed by atoms with Crippen LogP contribution in [0.4, 0.5) is 5.82 Å². The molecule has 2 atom stereocenters. The van der Waals surface area contributed by atoms with Crippen molar-refractivity contribution in [2.75, 3.05) is 33.4 Å². The minimum atomic E-state index is 0.0381. The number of ether oxygens (including phenoxy) is 3. The molecule has 2 unspecified atom stereocenters. The lowest BCUT2D eigenvalue weighted by atomic mass is 9.91. The molecule has 0 bridgehead atoms. The lowest BCUT2D eigenvalue weighted by molar-refractivity contribution is 0.134. The van der Waals surface area contributed by atoms with Crippen molar-refractivity contribution in [3.63, 3.8) is 0 Å². The van der Waals surface area contributed by atoms with E-state index in [4.69, 9.17) is 24.9 Å². The summed E-state index contributed by atoms with van der Waals surface area (Å²) in [5.74, 6) is 2.26. The first-order valence-electron chi connectivity index (χ1n) is 10.5. The highest BCUT2D eigenvalue weighted by Crippen LogP contribution is 2.39. The van der Waals surface area contributed by atoms with Gasteiger partial charge in [-0.3, -0.25) is 0 Å². The van der Waals surface area contributed by atoms with Crippen LogP contribution in [0.1, 0.15) is 38.5 Å². The fourth-order valence-corrected chi connectivity index (χ4v) is 4.69. The van der Waals surface area contributed by atoms with Gasteiger partial charge >= 0.3 is 0 Å². The Morgan fingerprint density at radius 1 is 1.21 bits per heavy atom. The molecule has 4 rings (SSSR count). The van der Waals surface area contributed by atoms with Gasteiger partial charge in [0, 0.05) is 37.4 Å². The summed E-state index contributed by atoms with van der Waals surface area (Å²) in [6, 6.07) is 4.60. The third-order valence-electron chi connectivity index (χ3n) is 6.22. The van der Waals surface area contributed by atoms with E-state index in [2.05, 4.69) is 24.4 Å². The highest BCUT2D eigenvalue weighted by Gasteiger charge is 2.41. The number of quaternary nitrogens is 1. The Hall–Kier alpha value is -1.89. The van der Waals surface area contributed by atoms with Crippen LogP contribution in [0.2, 0.25) is 0 Å². The first-order chi connectivity index (χ1) is 13.7. The van der Waals surface area contributed by atoms with Crippen molar-refractivity contribution in [2.45, 2.75) is 50.7 Å². The summed E-state index contributed by atoms with van der Waals surface area (Å²) in [6.07, 6.45) is 13.9.